The lowest BCUT2D eigenvalue weighted by molar-refractivity contribution is -0.385. The first kappa shape index (κ1) is 13.7. The van der Waals surface area contributed by atoms with Crippen molar-refractivity contribution in [2.75, 3.05) is 0 Å². The predicted octanol–water partition coefficient (Wildman–Crippen LogP) is 2.93. The molecule has 1 aromatic heterocycles. The molecule has 0 aliphatic carbocycles. The lowest BCUT2D eigenvalue weighted by Gasteiger charge is -2.06. The molecule has 0 aliphatic rings. The van der Waals surface area contributed by atoms with Crippen LogP contribution in [-0.4, -0.2) is 17.8 Å². The quantitative estimate of drug-likeness (QED) is 0.488. The molecule has 0 bridgehead atoms. The Bertz CT molecular complexity index is 625. The van der Waals surface area contributed by atoms with Crippen LogP contribution in [0.2, 0.25) is 0 Å². The Morgan fingerprint density at radius 1 is 1.37 bits per heavy atom. The highest BCUT2D eigenvalue weighted by atomic mass is 32.1. The molecule has 1 heterocycles. The molecule has 0 fully saturated rings. The van der Waals surface area contributed by atoms with E-state index < -0.39 is 0 Å². The maximum Gasteiger partial charge on any atom is 0.272 e. The molecule has 0 aliphatic heterocycles. The molecule has 6 heteroatoms. The van der Waals surface area contributed by atoms with E-state index in [2.05, 4.69) is 4.98 Å². The Balaban J connectivity index is 2.30. The fourth-order valence-electron chi connectivity index (χ4n) is 1.93. The zero-order valence-corrected chi connectivity index (χ0v) is 11.7. The van der Waals surface area contributed by atoms with Crippen LogP contribution >= 0.6 is 11.3 Å². The van der Waals surface area contributed by atoms with E-state index in [1.165, 1.54) is 0 Å². The van der Waals surface area contributed by atoms with Gasteiger partial charge in [0, 0.05) is 29.1 Å². The summed E-state index contributed by atoms with van der Waals surface area (Å²) < 4.78 is 0. The number of nitrogens with zero attached hydrogens (tertiary/aromatic N) is 2. The molecule has 0 amide bonds. The second-order valence-corrected chi connectivity index (χ2v) is 5.38. The first-order valence-corrected chi connectivity index (χ1v) is 6.77. The van der Waals surface area contributed by atoms with Crippen molar-refractivity contribution in [1.29, 1.82) is 0 Å². The number of thiazole rings is 1. The number of benzene rings is 1. The van der Waals surface area contributed by atoms with Crippen LogP contribution in [0.3, 0.4) is 0 Å². The van der Waals surface area contributed by atoms with Crippen LogP contribution in [0.1, 0.15) is 27.4 Å². The minimum absolute atomic E-state index is 0.169. The topological polar surface area (TPSA) is 56.0 Å². The van der Waals surface area contributed by atoms with Gasteiger partial charge in [0.1, 0.15) is 0 Å². The highest BCUT2D eigenvalue weighted by Crippen LogP contribution is 2.25. The molecule has 2 rings (SSSR count). The van der Waals surface area contributed by atoms with Crippen LogP contribution in [0.15, 0.2) is 17.5 Å². The molecule has 0 unspecified atom stereocenters. The van der Waals surface area contributed by atoms with Crippen molar-refractivity contribution < 1.29 is 4.92 Å². The number of rotatable bonds is 4. The Hall–Kier alpha value is -1.69. The van der Waals surface area contributed by atoms with E-state index in [-0.39, 0.29) is 10.6 Å². The molecule has 0 atom stereocenters. The van der Waals surface area contributed by atoms with E-state index in [4.69, 9.17) is 7.85 Å². The zero-order chi connectivity index (χ0) is 14.0. The van der Waals surface area contributed by atoms with Gasteiger partial charge in [0.2, 0.25) is 0 Å². The van der Waals surface area contributed by atoms with Crippen molar-refractivity contribution in [2.24, 2.45) is 0 Å². The summed E-state index contributed by atoms with van der Waals surface area (Å²) >= 11 is 1.57. The Labute approximate surface area is 117 Å². The Morgan fingerprint density at radius 3 is 2.68 bits per heavy atom. The maximum atomic E-state index is 10.9. The van der Waals surface area contributed by atoms with Gasteiger partial charge in [-0.05, 0) is 37.4 Å². The second kappa shape index (κ2) is 5.53. The third-order valence-corrected chi connectivity index (χ3v) is 3.90. The van der Waals surface area contributed by atoms with Crippen molar-refractivity contribution in [1.82, 2.24) is 4.98 Å². The van der Waals surface area contributed by atoms with Crippen molar-refractivity contribution in [3.63, 3.8) is 0 Å². The predicted molar refractivity (Wildman–Crippen MR) is 76.9 cm³/mol. The van der Waals surface area contributed by atoms with Gasteiger partial charge in [-0.2, -0.15) is 0 Å². The SMILES string of the molecule is [B]Cc1csc(Cc2cc(C)c([N+](=O)[O-])cc2C)n1. The van der Waals surface area contributed by atoms with E-state index in [1.54, 1.807) is 24.3 Å². The summed E-state index contributed by atoms with van der Waals surface area (Å²) in [5, 5.41) is 13.8. The Kier molecular flexibility index (Phi) is 4.00. The van der Waals surface area contributed by atoms with Gasteiger partial charge in [0.25, 0.3) is 5.69 Å². The van der Waals surface area contributed by atoms with Crippen LogP contribution in [0, 0.1) is 24.0 Å². The molecular weight excluding hydrogens is 259 g/mol. The van der Waals surface area contributed by atoms with Gasteiger partial charge in [-0.25, -0.2) is 4.98 Å². The summed E-state index contributed by atoms with van der Waals surface area (Å²) in [6.07, 6.45) is 1.13. The lowest BCUT2D eigenvalue weighted by Crippen LogP contribution is -1.98. The number of aryl methyl sites for hydroxylation is 2. The van der Waals surface area contributed by atoms with Crippen LogP contribution in [-0.2, 0) is 12.7 Å². The van der Waals surface area contributed by atoms with Crippen molar-refractivity contribution >= 4 is 24.9 Å². The van der Waals surface area contributed by atoms with Gasteiger partial charge in [-0.3, -0.25) is 10.1 Å². The number of hydrogen-bond acceptors (Lipinski definition) is 4. The average molecular weight is 272 g/mol. The minimum Gasteiger partial charge on any atom is -0.258 e. The van der Waals surface area contributed by atoms with Crippen molar-refractivity contribution in [3.8, 4) is 0 Å². The standard InChI is InChI=1S/C13H13BN2O2S/c1-8-4-12(16(17)18)9(2)3-10(8)5-13-15-11(6-14)7-19-13/h3-4,7H,5-6H2,1-2H3. The molecular formula is C13H13BN2O2S. The summed E-state index contributed by atoms with van der Waals surface area (Å²) in [5.74, 6) is 0. The largest absolute Gasteiger partial charge is 0.272 e. The number of nitro benzene ring substituents is 1. The molecule has 4 nitrogen and oxygen atoms in total. The van der Waals surface area contributed by atoms with Gasteiger partial charge in [-0.1, -0.05) is 0 Å². The van der Waals surface area contributed by atoms with Gasteiger partial charge in [-0.15, -0.1) is 11.3 Å². The van der Waals surface area contributed by atoms with E-state index in [9.17, 15) is 10.1 Å². The molecule has 1 aromatic carbocycles. The molecule has 0 spiro atoms. The highest BCUT2D eigenvalue weighted by Gasteiger charge is 2.14. The van der Waals surface area contributed by atoms with Gasteiger partial charge >= 0.3 is 0 Å². The van der Waals surface area contributed by atoms with E-state index in [1.807, 2.05) is 18.4 Å². The van der Waals surface area contributed by atoms with Crippen LogP contribution < -0.4 is 0 Å². The third-order valence-electron chi connectivity index (χ3n) is 3.00. The molecule has 0 N–H and O–H groups in total. The summed E-state index contributed by atoms with van der Waals surface area (Å²) in [6, 6.07) is 3.50. The van der Waals surface area contributed by atoms with Gasteiger partial charge < -0.3 is 0 Å². The summed E-state index contributed by atoms with van der Waals surface area (Å²) in [4.78, 5) is 14.9. The second-order valence-electron chi connectivity index (χ2n) is 4.44. The first-order chi connectivity index (χ1) is 9.01. The van der Waals surface area contributed by atoms with Crippen molar-refractivity contribution in [2.45, 2.75) is 26.6 Å². The maximum absolute atomic E-state index is 10.9. The van der Waals surface area contributed by atoms with Crippen LogP contribution in [0.25, 0.3) is 0 Å². The van der Waals surface area contributed by atoms with Crippen molar-refractivity contribution in [3.05, 3.63) is 55.0 Å². The molecule has 96 valence electrons. The van der Waals surface area contributed by atoms with Gasteiger partial charge in [0.15, 0.2) is 0 Å². The minimum atomic E-state index is -0.345. The first-order valence-electron chi connectivity index (χ1n) is 5.89. The number of hydrogen-bond donors (Lipinski definition) is 0. The molecule has 2 radical (unpaired) electrons. The molecule has 2 aromatic rings. The fraction of sp³-hybridized carbons (Fsp3) is 0.308. The Morgan fingerprint density at radius 2 is 2.11 bits per heavy atom. The van der Waals surface area contributed by atoms with Gasteiger partial charge in [0.05, 0.1) is 17.8 Å². The summed E-state index contributed by atoms with van der Waals surface area (Å²) in [6.45, 7) is 3.65. The number of aromatic nitrogens is 1. The number of nitro groups is 1. The van der Waals surface area contributed by atoms with E-state index in [0.717, 1.165) is 21.8 Å². The average Bonchev–Trinajstić information content (AvgIpc) is 2.80. The third kappa shape index (κ3) is 3.01. The summed E-state index contributed by atoms with van der Waals surface area (Å²) in [7, 11) is 5.53. The molecule has 19 heavy (non-hydrogen) atoms. The highest BCUT2D eigenvalue weighted by molar-refractivity contribution is 7.09. The van der Waals surface area contributed by atoms with Crippen LogP contribution in [0.5, 0.6) is 0 Å². The zero-order valence-electron chi connectivity index (χ0n) is 10.8. The molecule has 0 saturated heterocycles. The smallest absolute Gasteiger partial charge is 0.258 e. The monoisotopic (exact) mass is 272 g/mol. The van der Waals surface area contributed by atoms with Crippen LogP contribution in [0.4, 0.5) is 5.69 Å². The van der Waals surface area contributed by atoms with E-state index >= 15 is 0 Å². The normalized spacial score (nSPS) is 10.6. The fourth-order valence-corrected chi connectivity index (χ4v) is 2.76. The molecule has 0 saturated carbocycles. The summed E-state index contributed by atoms with van der Waals surface area (Å²) in [5.41, 5.74) is 3.73. The lowest BCUT2D eigenvalue weighted by atomic mass is 10.0. The van der Waals surface area contributed by atoms with E-state index in [0.29, 0.717) is 18.3 Å².